The zero-order valence-electron chi connectivity index (χ0n) is 7.79. The van der Waals surface area contributed by atoms with Crippen molar-refractivity contribution in [2.75, 3.05) is 6.61 Å². The summed E-state index contributed by atoms with van der Waals surface area (Å²) in [4.78, 5) is 9.74. The van der Waals surface area contributed by atoms with Crippen LogP contribution in [-0.2, 0) is 9.53 Å². The highest BCUT2D eigenvalue weighted by Crippen LogP contribution is 1.97. The summed E-state index contributed by atoms with van der Waals surface area (Å²) in [7, 11) is 0. The minimum absolute atomic E-state index is 0.501. The summed E-state index contributed by atoms with van der Waals surface area (Å²) in [5, 5.41) is 0. The predicted molar refractivity (Wildman–Crippen MR) is 49.9 cm³/mol. The Kier molecular flexibility index (Phi) is 9.54. The fourth-order valence-electron chi connectivity index (χ4n) is 0.890. The standard InChI is InChI=1S/C10H18O2/c1-2-3-4-5-6-7-8-9-12-10-11/h5-6,10H,2-4,7-9H2,1H3. The maximum absolute atomic E-state index is 9.74. The van der Waals surface area contributed by atoms with Gasteiger partial charge in [0, 0.05) is 0 Å². The lowest BCUT2D eigenvalue weighted by Crippen LogP contribution is -1.89. The second kappa shape index (κ2) is 10.2. The number of hydrogen-bond donors (Lipinski definition) is 0. The van der Waals surface area contributed by atoms with Crippen molar-refractivity contribution in [3.63, 3.8) is 0 Å². The van der Waals surface area contributed by atoms with Crippen molar-refractivity contribution in [3.8, 4) is 0 Å². The van der Waals surface area contributed by atoms with Gasteiger partial charge in [-0.15, -0.1) is 0 Å². The van der Waals surface area contributed by atoms with Crippen LogP contribution in [0.15, 0.2) is 12.2 Å². The fourth-order valence-corrected chi connectivity index (χ4v) is 0.890. The van der Waals surface area contributed by atoms with Gasteiger partial charge in [-0.05, 0) is 19.3 Å². The molecule has 2 nitrogen and oxygen atoms in total. The van der Waals surface area contributed by atoms with Crippen LogP contribution in [0.3, 0.4) is 0 Å². The number of unbranched alkanes of at least 4 members (excludes halogenated alkanes) is 3. The molecule has 0 fully saturated rings. The van der Waals surface area contributed by atoms with E-state index < -0.39 is 0 Å². The molecule has 0 radical (unpaired) electrons. The highest BCUT2D eigenvalue weighted by Gasteiger charge is 1.83. The van der Waals surface area contributed by atoms with Gasteiger partial charge in [-0.25, -0.2) is 0 Å². The third-order valence-electron chi connectivity index (χ3n) is 1.59. The second-order valence-corrected chi connectivity index (χ2v) is 2.72. The molecule has 0 aliphatic carbocycles. The van der Waals surface area contributed by atoms with E-state index in [0.29, 0.717) is 13.1 Å². The highest BCUT2D eigenvalue weighted by atomic mass is 16.5. The molecule has 0 bridgehead atoms. The maximum atomic E-state index is 9.74. The lowest BCUT2D eigenvalue weighted by Gasteiger charge is -1.93. The lowest BCUT2D eigenvalue weighted by atomic mass is 10.2. The summed E-state index contributed by atoms with van der Waals surface area (Å²) in [5.74, 6) is 0. The maximum Gasteiger partial charge on any atom is 0.293 e. The molecule has 70 valence electrons. The zero-order chi connectivity index (χ0) is 9.07. The topological polar surface area (TPSA) is 26.3 Å². The Morgan fingerprint density at radius 3 is 2.42 bits per heavy atom. The predicted octanol–water partition coefficient (Wildman–Crippen LogP) is 2.69. The molecular weight excluding hydrogens is 152 g/mol. The van der Waals surface area contributed by atoms with Crippen molar-refractivity contribution in [2.24, 2.45) is 0 Å². The average molecular weight is 170 g/mol. The Morgan fingerprint density at radius 2 is 1.83 bits per heavy atom. The van der Waals surface area contributed by atoms with E-state index in [0.717, 1.165) is 12.8 Å². The number of carbonyl (C=O) groups excluding carboxylic acids is 1. The Hall–Kier alpha value is -0.790. The van der Waals surface area contributed by atoms with E-state index in [9.17, 15) is 4.79 Å². The van der Waals surface area contributed by atoms with Gasteiger partial charge in [0.2, 0.25) is 0 Å². The molecule has 12 heavy (non-hydrogen) atoms. The molecule has 0 heterocycles. The van der Waals surface area contributed by atoms with E-state index in [-0.39, 0.29) is 0 Å². The second-order valence-electron chi connectivity index (χ2n) is 2.72. The molecule has 0 aromatic heterocycles. The van der Waals surface area contributed by atoms with E-state index in [4.69, 9.17) is 0 Å². The lowest BCUT2D eigenvalue weighted by molar-refractivity contribution is -0.128. The smallest absolute Gasteiger partial charge is 0.293 e. The Morgan fingerprint density at radius 1 is 1.17 bits per heavy atom. The molecule has 0 saturated heterocycles. The quantitative estimate of drug-likeness (QED) is 0.318. The minimum atomic E-state index is 0.501. The number of rotatable bonds is 8. The van der Waals surface area contributed by atoms with Crippen LogP contribution >= 0.6 is 0 Å². The first-order valence-electron chi connectivity index (χ1n) is 4.62. The molecule has 0 amide bonds. The van der Waals surface area contributed by atoms with Gasteiger partial charge in [-0.3, -0.25) is 4.79 Å². The van der Waals surface area contributed by atoms with E-state index in [1.807, 2.05) is 0 Å². The zero-order valence-corrected chi connectivity index (χ0v) is 7.79. The van der Waals surface area contributed by atoms with Crippen LogP contribution in [0.4, 0.5) is 0 Å². The van der Waals surface area contributed by atoms with Crippen LogP contribution in [0.2, 0.25) is 0 Å². The van der Waals surface area contributed by atoms with Crippen molar-refractivity contribution in [1.29, 1.82) is 0 Å². The van der Waals surface area contributed by atoms with Gasteiger partial charge in [0.05, 0.1) is 6.61 Å². The Labute approximate surface area is 74.6 Å². The fraction of sp³-hybridized carbons (Fsp3) is 0.700. The monoisotopic (exact) mass is 170 g/mol. The minimum Gasteiger partial charge on any atom is -0.468 e. The van der Waals surface area contributed by atoms with Crippen LogP contribution < -0.4 is 0 Å². The van der Waals surface area contributed by atoms with E-state index >= 15 is 0 Å². The van der Waals surface area contributed by atoms with Crippen LogP contribution in [0.1, 0.15) is 39.0 Å². The Bertz CT molecular complexity index is 119. The van der Waals surface area contributed by atoms with Gasteiger partial charge in [0.1, 0.15) is 0 Å². The normalized spacial score (nSPS) is 10.4. The van der Waals surface area contributed by atoms with Gasteiger partial charge in [0.15, 0.2) is 0 Å². The molecule has 0 unspecified atom stereocenters. The number of hydrogen-bond acceptors (Lipinski definition) is 2. The molecule has 2 heteroatoms. The summed E-state index contributed by atoms with van der Waals surface area (Å²) < 4.78 is 4.55. The summed E-state index contributed by atoms with van der Waals surface area (Å²) in [6.45, 7) is 3.23. The molecule has 0 aliphatic heterocycles. The van der Waals surface area contributed by atoms with E-state index in [1.165, 1.54) is 19.3 Å². The molecule has 0 rings (SSSR count). The van der Waals surface area contributed by atoms with Gasteiger partial charge in [0.25, 0.3) is 6.47 Å². The van der Waals surface area contributed by atoms with Crippen molar-refractivity contribution in [3.05, 3.63) is 12.2 Å². The van der Waals surface area contributed by atoms with Crippen LogP contribution in [-0.4, -0.2) is 13.1 Å². The Balaban J connectivity index is 2.97. The number of carbonyl (C=O) groups is 1. The summed E-state index contributed by atoms with van der Waals surface area (Å²) in [6, 6.07) is 0. The average Bonchev–Trinajstić information content (AvgIpc) is 2.10. The SMILES string of the molecule is CCCCC=CCCCOC=O. The van der Waals surface area contributed by atoms with Gasteiger partial charge in [-0.2, -0.15) is 0 Å². The first-order chi connectivity index (χ1) is 5.91. The van der Waals surface area contributed by atoms with Crippen molar-refractivity contribution in [1.82, 2.24) is 0 Å². The molecule has 0 N–H and O–H groups in total. The summed E-state index contributed by atoms with van der Waals surface area (Å²) in [6.07, 6.45) is 9.98. The third-order valence-corrected chi connectivity index (χ3v) is 1.59. The molecule has 0 saturated carbocycles. The molecular formula is C10H18O2. The van der Waals surface area contributed by atoms with Gasteiger partial charge >= 0.3 is 0 Å². The first kappa shape index (κ1) is 11.2. The molecule has 0 aromatic rings. The number of allylic oxidation sites excluding steroid dienone is 2. The molecule has 0 spiro atoms. The van der Waals surface area contributed by atoms with E-state index in [2.05, 4.69) is 23.8 Å². The molecule has 0 aromatic carbocycles. The third kappa shape index (κ3) is 9.21. The highest BCUT2D eigenvalue weighted by molar-refractivity contribution is 5.36. The van der Waals surface area contributed by atoms with Crippen LogP contribution in [0.25, 0.3) is 0 Å². The van der Waals surface area contributed by atoms with E-state index in [1.54, 1.807) is 0 Å². The van der Waals surface area contributed by atoms with Crippen molar-refractivity contribution in [2.45, 2.75) is 39.0 Å². The summed E-state index contributed by atoms with van der Waals surface area (Å²) >= 11 is 0. The largest absolute Gasteiger partial charge is 0.468 e. The number of ether oxygens (including phenoxy) is 1. The van der Waals surface area contributed by atoms with Crippen molar-refractivity contribution < 1.29 is 9.53 Å². The molecule has 0 atom stereocenters. The first-order valence-corrected chi connectivity index (χ1v) is 4.62. The van der Waals surface area contributed by atoms with Crippen LogP contribution in [0.5, 0.6) is 0 Å². The van der Waals surface area contributed by atoms with Crippen molar-refractivity contribution >= 4 is 6.47 Å². The van der Waals surface area contributed by atoms with Gasteiger partial charge < -0.3 is 4.74 Å². The van der Waals surface area contributed by atoms with Crippen LogP contribution in [0, 0.1) is 0 Å². The molecule has 0 aliphatic rings. The van der Waals surface area contributed by atoms with Gasteiger partial charge in [-0.1, -0.05) is 31.9 Å². The summed E-state index contributed by atoms with van der Waals surface area (Å²) in [5.41, 5.74) is 0.